The van der Waals surface area contributed by atoms with Crippen LogP contribution in [-0.4, -0.2) is 30.1 Å². The minimum atomic E-state index is -4.63. The fourth-order valence-corrected chi connectivity index (χ4v) is 5.31. The molecule has 0 fully saturated rings. The molecule has 0 bridgehead atoms. The summed E-state index contributed by atoms with van der Waals surface area (Å²) in [4.78, 5) is 10.9. The predicted octanol–water partition coefficient (Wildman–Crippen LogP) is 3.43. The zero-order valence-corrected chi connectivity index (χ0v) is 20.5. The van der Waals surface area contributed by atoms with Gasteiger partial charge in [-0.05, 0) is 104 Å². The average Bonchev–Trinajstić information content (AvgIpc) is 2.52. The molecule has 2 rings (SSSR count). The molecule has 0 heterocycles. The molecule has 4 N–H and O–H groups in total. The van der Waals surface area contributed by atoms with E-state index in [1.165, 1.54) is 0 Å². The Balaban J connectivity index is 2.23. The molecule has 1 atom stereocenters. The molecular formula is C15H12I3NO7S. The van der Waals surface area contributed by atoms with Crippen LogP contribution in [-0.2, 0) is 21.6 Å². The normalized spacial score (nSPS) is 12.5. The number of hydrogen-bond acceptors (Lipinski definition) is 6. The van der Waals surface area contributed by atoms with E-state index in [0.29, 0.717) is 18.6 Å². The summed E-state index contributed by atoms with van der Waals surface area (Å²) in [5.41, 5.74) is 6.31. The summed E-state index contributed by atoms with van der Waals surface area (Å²) in [6.45, 7) is 0. The maximum atomic E-state index is 10.9. The van der Waals surface area contributed by atoms with Crippen LogP contribution in [0, 0.1) is 10.7 Å². The molecule has 0 amide bonds. The lowest BCUT2D eigenvalue weighted by atomic mass is 10.1. The van der Waals surface area contributed by atoms with Crippen LogP contribution in [0.4, 0.5) is 0 Å². The van der Waals surface area contributed by atoms with Crippen LogP contribution in [0.15, 0.2) is 30.3 Å². The highest BCUT2D eigenvalue weighted by Crippen LogP contribution is 2.35. The third-order valence-corrected chi connectivity index (χ3v) is 5.98. The zero-order valence-electron chi connectivity index (χ0n) is 13.2. The summed E-state index contributed by atoms with van der Waals surface area (Å²) in [7, 11) is -4.63. The van der Waals surface area contributed by atoms with Crippen molar-refractivity contribution in [3.05, 3.63) is 46.6 Å². The van der Waals surface area contributed by atoms with Crippen molar-refractivity contribution < 1.29 is 31.8 Å². The molecular weight excluding hydrogens is 719 g/mol. The Morgan fingerprint density at radius 3 is 2.19 bits per heavy atom. The minimum Gasteiger partial charge on any atom is -0.480 e. The van der Waals surface area contributed by atoms with Crippen molar-refractivity contribution in [3.8, 4) is 17.2 Å². The van der Waals surface area contributed by atoms with E-state index in [-0.39, 0.29) is 12.2 Å². The lowest BCUT2D eigenvalue weighted by Crippen LogP contribution is -2.32. The first-order valence-corrected chi connectivity index (χ1v) is 11.7. The molecule has 0 saturated heterocycles. The van der Waals surface area contributed by atoms with E-state index < -0.39 is 22.4 Å². The van der Waals surface area contributed by atoms with Gasteiger partial charge >= 0.3 is 16.4 Å². The highest BCUT2D eigenvalue weighted by atomic mass is 127. The Hall–Kier alpha value is -0.430. The number of ether oxygens (including phenoxy) is 1. The first-order chi connectivity index (χ1) is 12.5. The third-order valence-electron chi connectivity index (χ3n) is 3.16. The van der Waals surface area contributed by atoms with Gasteiger partial charge in [0.1, 0.15) is 17.5 Å². The number of carbonyl (C=O) groups is 1. The summed E-state index contributed by atoms with van der Waals surface area (Å²) in [6, 6.07) is 7.36. The maximum absolute atomic E-state index is 10.9. The Labute approximate surface area is 196 Å². The van der Waals surface area contributed by atoms with Crippen LogP contribution < -0.4 is 14.7 Å². The number of nitrogens with two attached hydrogens (primary N) is 1. The van der Waals surface area contributed by atoms with Crippen molar-refractivity contribution in [1.29, 1.82) is 0 Å². The van der Waals surface area contributed by atoms with Gasteiger partial charge in [0, 0.05) is 0 Å². The zero-order chi connectivity index (χ0) is 20.4. The maximum Gasteiger partial charge on any atom is 0.446 e. The van der Waals surface area contributed by atoms with Gasteiger partial charge in [0.2, 0.25) is 0 Å². The molecule has 0 aliphatic carbocycles. The lowest BCUT2D eigenvalue weighted by molar-refractivity contribution is -0.138. The molecule has 8 nitrogen and oxygen atoms in total. The van der Waals surface area contributed by atoms with Crippen LogP contribution in [0.2, 0.25) is 0 Å². The fourth-order valence-electron chi connectivity index (χ4n) is 2.00. The van der Waals surface area contributed by atoms with Crippen molar-refractivity contribution in [2.75, 3.05) is 0 Å². The molecule has 0 spiro atoms. The molecule has 2 aromatic rings. The predicted molar refractivity (Wildman–Crippen MR) is 123 cm³/mol. The molecule has 27 heavy (non-hydrogen) atoms. The van der Waals surface area contributed by atoms with Crippen molar-refractivity contribution >= 4 is 84.1 Å². The summed E-state index contributed by atoms with van der Waals surface area (Å²) >= 11 is 5.81. The number of carboxylic acid groups (broad SMARTS) is 1. The van der Waals surface area contributed by atoms with Gasteiger partial charge in [0.25, 0.3) is 0 Å². The smallest absolute Gasteiger partial charge is 0.446 e. The van der Waals surface area contributed by atoms with E-state index in [9.17, 15) is 13.2 Å². The van der Waals surface area contributed by atoms with Gasteiger partial charge < -0.3 is 19.8 Å². The molecule has 2 aromatic carbocycles. The summed E-state index contributed by atoms with van der Waals surface area (Å²) in [6.07, 6.45) is 0.198. The van der Waals surface area contributed by atoms with Gasteiger partial charge in [-0.1, -0.05) is 6.07 Å². The van der Waals surface area contributed by atoms with E-state index in [1.54, 1.807) is 30.3 Å². The lowest BCUT2D eigenvalue weighted by Gasteiger charge is -2.13. The van der Waals surface area contributed by atoms with Crippen LogP contribution in [0.3, 0.4) is 0 Å². The van der Waals surface area contributed by atoms with Gasteiger partial charge in [-0.25, -0.2) is 0 Å². The van der Waals surface area contributed by atoms with E-state index in [0.717, 1.165) is 9.13 Å². The number of halogens is 3. The molecule has 0 saturated carbocycles. The van der Waals surface area contributed by atoms with E-state index in [4.69, 9.17) is 20.1 Å². The monoisotopic (exact) mass is 731 g/mol. The number of rotatable bonds is 7. The van der Waals surface area contributed by atoms with Crippen LogP contribution in [0.25, 0.3) is 0 Å². The number of hydrogen-bond donors (Lipinski definition) is 3. The Bertz CT molecular complexity index is 958. The molecule has 0 aromatic heterocycles. The van der Waals surface area contributed by atoms with E-state index >= 15 is 0 Å². The van der Waals surface area contributed by atoms with Crippen LogP contribution >= 0.6 is 67.8 Å². The van der Waals surface area contributed by atoms with Crippen LogP contribution in [0.1, 0.15) is 5.56 Å². The Kier molecular flexibility index (Phi) is 7.94. The third kappa shape index (κ3) is 6.84. The topological polar surface area (TPSA) is 136 Å². The van der Waals surface area contributed by atoms with Crippen molar-refractivity contribution in [3.63, 3.8) is 0 Å². The number of aliphatic carboxylic acids is 1. The first kappa shape index (κ1) is 22.9. The second kappa shape index (κ2) is 9.38. The standard InChI is InChI=1S/C15H12I3NO7S/c16-9-3-7(4-12(19)15(20)21)1-2-13(9)25-8-5-10(17)14(11(18)6-8)26-27(22,23)24/h1-3,5-6,12H,4,19H2,(H,20,21)(H,22,23,24)/t12-/m0/s1. The average molecular weight is 731 g/mol. The van der Waals surface area contributed by atoms with E-state index in [1.807, 2.05) is 45.2 Å². The van der Waals surface area contributed by atoms with E-state index in [2.05, 4.69) is 26.8 Å². The van der Waals surface area contributed by atoms with Crippen molar-refractivity contribution in [1.82, 2.24) is 0 Å². The molecule has 0 radical (unpaired) electrons. The number of benzene rings is 2. The Morgan fingerprint density at radius 1 is 1.11 bits per heavy atom. The summed E-state index contributed by atoms with van der Waals surface area (Å²) in [5.74, 6) is -0.0712. The van der Waals surface area contributed by atoms with Crippen LogP contribution in [0.5, 0.6) is 17.2 Å². The van der Waals surface area contributed by atoms with Gasteiger partial charge in [0.05, 0.1) is 10.7 Å². The quantitative estimate of drug-likeness (QED) is 0.292. The molecule has 0 aliphatic heterocycles. The van der Waals surface area contributed by atoms with Gasteiger partial charge in [-0.3, -0.25) is 9.35 Å². The van der Waals surface area contributed by atoms with Gasteiger partial charge in [-0.15, -0.1) is 0 Å². The molecule has 0 unspecified atom stereocenters. The summed E-state index contributed by atoms with van der Waals surface area (Å²) < 4.78 is 42.7. The molecule has 146 valence electrons. The van der Waals surface area contributed by atoms with Gasteiger partial charge in [-0.2, -0.15) is 8.42 Å². The Morgan fingerprint density at radius 2 is 1.70 bits per heavy atom. The highest BCUT2D eigenvalue weighted by Gasteiger charge is 2.17. The van der Waals surface area contributed by atoms with Crippen molar-refractivity contribution in [2.45, 2.75) is 12.5 Å². The fraction of sp³-hybridized carbons (Fsp3) is 0.133. The second-order valence-electron chi connectivity index (χ2n) is 5.24. The second-order valence-corrected chi connectivity index (χ2v) is 9.75. The minimum absolute atomic E-state index is 0.0127. The largest absolute Gasteiger partial charge is 0.480 e. The summed E-state index contributed by atoms with van der Waals surface area (Å²) in [5, 5.41) is 8.89. The first-order valence-electron chi connectivity index (χ1n) is 7.07. The SMILES string of the molecule is N[C@@H](Cc1ccc(Oc2cc(I)c(OS(=O)(=O)O)c(I)c2)c(I)c1)C(=O)O. The van der Waals surface area contributed by atoms with Crippen molar-refractivity contribution in [2.24, 2.45) is 5.73 Å². The highest BCUT2D eigenvalue weighted by molar-refractivity contribution is 14.1. The molecule has 12 heteroatoms. The number of carboxylic acids is 1. The molecule has 0 aliphatic rings. The van der Waals surface area contributed by atoms with Gasteiger partial charge in [0.15, 0.2) is 5.75 Å².